The topological polar surface area (TPSA) is 102 Å². The Morgan fingerprint density at radius 2 is 1.88 bits per heavy atom. The number of anilines is 2. The fraction of sp³-hybridized carbons (Fsp3) is 0.0800. The van der Waals surface area contributed by atoms with E-state index in [2.05, 4.69) is 26.5 Å². The lowest BCUT2D eigenvalue weighted by Gasteiger charge is -2.13. The van der Waals surface area contributed by atoms with Crippen LogP contribution in [0.25, 0.3) is 28.0 Å². The van der Waals surface area contributed by atoms with E-state index < -0.39 is 0 Å². The van der Waals surface area contributed by atoms with Gasteiger partial charge >= 0.3 is 0 Å². The fourth-order valence-corrected chi connectivity index (χ4v) is 3.69. The number of nitrogens with zero attached hydrogens (tertiary/aromatic N) is 6. The monoisotopic (exact) mass is 433 g/mol. The van der Waals surface area contributed by atoms with Crippen LogP contribution >= 0.6 is 0 Å². The molecule has 0 radical (unpaired) electrons. The molecule has 0 saturated heterocycles. The summed E-state index contributed by atoms with van der Waals surface area (Å²) in [5, 5.41) is 18.3. The summed E-state index contributed by atoms with van der Waals surface area (Å²) in [4.78, 5) is 13.5. The highest BCUT2D eigenvalue weighted by atomic mass is 16.5. The molecule has 1 N–H and O–H groups in total. The van der Waals surface area contributed by atoms with Gasteiger partial charge in [-0.2, -0.15) is 15.0 Å². The van der Waals surface area contributed by atoms with E-state index in [1.807, 2.05) is 67.6 Å². The highest BCUT2D eigenvalue weighted by Gasteiger charge is 2.17. The lowest BCUT2D eigenvalue weighted by Crippen LogP contribution is -2.07. The molecular formula is C25H19N7O. The summed E-state index contributed by atoms with van der Waals surface area (Å²) in [6.45, 7) is 2.01. The van der Waals surface area contributed by atoms with Crippen LogP contribution in [-0.2, 0) is 0 Å². The Bertz CT molecular complexity index is 1500. The van der Waals surface area contributed by atoms with Crippen LogP contribution in [0.1, 0.15) is 11.1 Å². The highest BCUT2D eigenvalue weighted by molar-refractivity contribution is 5.88. The molecule has 0 fully saturated rings. The Labute approximate surface area is 190 Å². The predicted octanol–water partition coefficient (Wildman–Crippen LogP) is 4.81. The lowest BCUT2D eigenvalue weighted by molar-refractivity contribution is 0.419. The Morgan fingerprint density at radius 1 is 1.03 bits per heavy atom. The summed E-state index contributed by atoms with van der Waals surface area (Å²) in [7, 11) is 1.62. The van der Waals surface area contributed by atoms with Crippen molar-refractivity contribution in [1.29, 1.82) is 5.26 Å². The van der Waals surface area contributed by atoms with E-state index in [4.69, 9.17) is 9.72 Å². The summed E-state index contributed by atoms with van der Waals surface area (Å²) in [5.74, 6) is 2.24. The highest BCUT2D eigenvalue weighted by Crippen LogP contribution is 2.30. The molecule has 0 bridgehead atoms. The van der Waals surface area contributed by atoms with Crippen molar-refractivity contribution in [3.63, 3.8) is 0 Å². The molecule has 33 heavy (non-hydrogen) atoms. The first-order valence-corrected chi connectivity index (χ1v) is 10.3. The summed E-state index contributed by atoms with van der Waals surface area (Å²) in [6, 6.07) is 21.6. The summed E-state index contributed by atoms with van der Waals surface area (Å²) in [5.41, 5.74) is 3.85. The number of ether oxygens (including phenoxy) is 1. The van der Waals surface area contributed by atoms with Crippen LogP contribution in [-0.4, -0.2) is 31.8 Å². The van der Waals surface area contributed by atoms with Crippen molar-refractivity contribution in [2.45, 2.75) is 6.92 Å². The maximum Gasteiger partial charge on any atom is 0.156 e. The van der Waals surface area contributed by atoms with E-state index in [1.54, 1.807) is 11.8 Å². The zero-order chi connectivity index (χ0) is 22.8. The van der Waals surface area contributed by atoms with Crippen molar-refractivity contribution < 1.29 is 4.74 Å². The number of para-hydroxylation sites is 1. The van der Waals surface area contributed by atoms with Crippen LogP contribution in [0.15, 0.2) is 73.2 Å². The molecule has 0 aliphatic rings. The van der Waals surface area contributed by atoms with Gasteiger partial charge in [0.25, 0.3) is 0 Å². The third-order valence-electron chi connectivity index (χ3n) is 5.31. The molecule has 2 aromatic carbocycles. The molecule has 5 rings (SSSR count). The SMILES string of the molecule is COc1cccc2c(C)cc(-n3ncc(C#N)c3Nc3cc(-c4ccccc4)ncn3)nc12. The Hall–Kier alpha value is -4.77. The van der Waals surface area contributed by atoms with E-state index in [0.717, 1.165) is 27.7 Å². The number of fused-ring (bicyclic) bond motifs is 1. The van der Waals surface area contributed by atoms with E-state index >= 15 is 0 Å². The molecule has 0 aliphatic carbocycles. The first-order valence-electron chi connectivity index (χ1n) is 10.3. The van der Waals surface area contributed by atoms with Gasteiger partial charge in [0.05, 0.1) is 19.0 Å². The van der Waals surface area contributed by atoms with Crippen LogP contribution in [0.4, 0.5) is 11.6 Å². The number of nitriles is 1. The zero-order valence-electron chi connectivity index (χ0n) is 18.0. The molecule has 3 heterocycles. The predicted molar refractivity (Wildman–Crippen MR) is 126 cm³/mol. The second-order valence-electron chi connectivity index (χ2n) is 7.36. The van der Waals surface area contributed by atoms with Gasteiger partial charge in [0, 0.05) is 17.0 Å². The fourth-order valence-electron chi connectivity index (χ4n) is 3.69. The van der Waals surface area contributed by atoms with Gasteiger partial charge in [-0.15, -0.1) is 0 Å². The minimum absolute atomic E-state index is 0.370. The van der Waals surface area contributed by atoms with Gasteiger partial charge < -0.3 is 10.1 Å². The summed E-state index contributed by atoms with van der Waals surface area (Å²) >= 11 is 0. The van der Waals surface area contributed by atoms with Crippen molar-refractivity contribution in [1.82, 2.24) is 24.7 Å². The van der Waals surface area contributed by atoms with Crippen molar-refractivity contribution in [3.05, 3.63) is 84.3 Å². The molecule has 8 heteroatoms. The molecule has 5 aromatic rings. The number of pyridine rings is 1. The van der Waals surface area contributed by atoms with Gasteiger partial charge in [0.1, 0.15) is 35.0 Å². The third-order valence-corrected chi connectivity index (χ3v) is 5.31. The van der Waals surface area contributed by atoms with Gasteiger partial charge in [-0.1, -0.05) is 42.5 Å². The average Bonchev–Trinajstić information content (AvgIpc) is 3.27. The maximum atomic E-state index is 9.68. The van der Waals surface area contributed by atoms with Crippen LogP contribution in [0.3, 0.4) is 0 Å². The van der Waals surface area contributed by atoms with Crippen molar-refractivity contribution >= 4 is 22.5 Å². The molecule has 0 unspecified atom stereocenters. The number of aromatic nitrogens is 5. The number of methoxy groups -OCH3 is 1. The van der Waals surface area contributed by atoms with Crippen LogP contribution in [0.5, 0.6) is 5.75 Å². The molecular weight excluding hydrogens is 414 g/mol. The molecule has 0 saturated carbocycles. The second kappa shape index (κ2) is 8.40. The van der Waals surface area contributed by atoms with Gasteiger partial charge in [0.15, 0.2) is 11.6 Å². The number of hydrogen-bond acceptors (Lipinski definition) is 7. The quantitative estimate of drug-likeness (QED) is 0.424. The standard InChI is InChI=1S/C25H19N7O/c1-16-11-23(31-24-19(16)9-6-10-21(24)33-2)32-25(18(13-26)14-29-32)30-22-12-20(27-15-28-22)17-7-4-3-5-8-17/h3-12,14-15H,1-2H3,(H,27,28,30). The van der Waals surface area contributed by atoms with Crippen LogP contribution in [0, 0.1) is 18.3 Å². The molecule has 8 nitrogen and oxygen atoms in total. The Kier molecular flexibility index (Phi) is 5.13. The minimum atomic E-state index is 0.370. The van der Waals surface area contributed by atoms with Gasteiger partial charge in [0.2, 0.25) is 0 Å². The van der Waals surface area contributed by atoms with Gasteiger partial charge in [-0.3, -0.25) is 0 Å². The zero-order valence-corrected chi connectivity index (χ0v) is 18.0. The van der Waals surface area contributed by atoms with E-state index in [9.17, 15) is 5.26 Å². The molecule has 0 spiro atoms. The number of aryl methyl sites for hydroxylation is 1. The third kappa shape index (κ3) is 3.72. The van der Waals surface area contributed by atoms with Crippen LogP contribution < -0.4 is 10.1 Å². The van der Waals surface area contributed by atoms with E-state index in [0.29, 0.717) is 28.8 Å². The van der Waals surface area contributed by atoms with Crippen molar-refractivity contribution in [2.24, 2.45) is 0 Å². The van der Waals surface area contributed by atoms with Crippen molar-refractivity contribution in [2.75, 3.05) is 12.4 Å². The number of rotatable bonds is 5. The first-order chi connectivity index (χ1) is 16.2. The molecule has 3 aromatic heterocycles. The van der Waals surface area contributed by atoms with Crippen molar-refractivity contribution in [3.8, 4) is 28.9 Å². The van der Waals surface area contributed by atoms with E-state index in [-0.39, 0.29) is 0 Å². The molecule has 0 aliphatic heterocycles. The number of benzene rings is 2. The largest absolute Gasteiger partial charge is 0.494 e. The normalized spacial score (nSPS) is 10.7. The van der Waals surface area contributed by atoms with Crippen LogP contribution in [0.2, 0.25) is 0 Å². The minimum Gasteiger partial charge on any atom is -0.494 e. The molecule has 160 valence electrons. The first kappa shape index (κ1) is 20.2. The van der Waals surface area contributed by atoms with Gasteiger partial charge in [-0.25, -0.2) is 15.0 Å². The Balaban J connectivity index is 1.60. The lowest BCUT2D eigenvalue weighted by atomic mass is 10.1. The molecule has 0 atom stereocenters. The number of nitrogens with one attached hydrogen (secondary N) is 1. The summed E-state index contributed by atoms with van der Waals surface area (Å²) in [6.07, 6.45) is 2.99. The maximum absolute atomic E-state index is 9.68. The van der Waals surface area contributed by atoms with Gasteiger partial charge in [-0.05, 0) is 24.6 Å². The summed E-state index contributed by atoms with van der Waals surface area (Å²) < 4.78 is 7.10. The molecule has 0 amide bonds. The second-order valence-corrected chi connectivity index (χ2v) is 7.36. The Morgan fingerprint density at radius 3 is 2.67 bits per heavy atom. The van der Waals surface area contributed by atoms with E-state index in [1.165, 1.54) is 12.5 Å². The smallest absolute Gasteiger partial charge is 0.156 e. The average molecular weight is 433 g/mol. The number of hydrogen-bond donors (Lipinski definition) is 1.